The third-order valence-electron chi connectivity index (χ3n) is 2.04. The second kappa shape index (κ2) is 4.13. The predicted octanol–water partition coefficient (Wildman–Crippen LogP) is 0.188. The summed E-state index contributed by atoms with van der Waals surface area (Å²) in [7, 11) is 0. The van der Waals surface area contributed by atoms with Gasteiger partial charge in [0, 0.05) is 18.9 Å². The normalized spacial score (nSPS) is 15.3. The second-order valence-corrected chi connectivity index (χ2v) is 3.37. The van der Waals surface area contributed by atoms with E-state index in [0.29, 0.717) is 18.0 Å². The number of nitrogens with zero attached hydrogens (tertiary/aromatic N) is 2. The summed E-state index contributed by atoms with van der Waals surface area (Å²) in [6, 6.07) is 1.60. The second-order valence-electron chi connectivity index (χ2n) is 3.37. The van der Waals surface area contributed by atoms with Crippen molar-refractivity contribution >= 4 is 23.3 Å². The molecule has 0 aromatic carbocycles. The number of aryl methyl sites for hydroxylation is 1. The smallest absolute Gasteiger partial charge is 0.273 e. The highest BCUT2D eigenvalue weighted by Gasteiger charge is 2.19. The Balaban J connectivity index is 2.01. The van der Waals surface area contributed by atoms with Crippen molar-refractivity contribution in [2.75, 3.05) is 5.32 Å². The number of amides is 2. The Kier molecular flexibility index (Phi) is 2.67. The molecule has 16 heavy (non-hydrogen) atoms. The van der Waals surface area contributed by atoms with Gasteiger partial charge in [-0.2, -0.15) is 5.10 Å². The van der Waals surface area contributed by atoms with Gasteiger partial charge >= 0.3 is 0 Å². The summed E-state index contributed by atoms with van der Waals surface area (Å²) in [5.74, 6) is 0.374. The third-order valence-corrected chi connectivity index (χ3v) is 2.04. The van der Waals surface area contributed by atoms with Crippen LogP contribution in [0.1, 0.15) is 18.6 Å². The Morgan fingerprint density at radius 2 is 2.38 bits per heavy atom. The largest absolute Gasteiger partial charge is 0.360 e. The first-order valence-electron chi connectivity index (χ1n) is 4.75. The fourth-order valence-electron chi connectivity index (χ4n) is 1.25. The summed E-state index contributed by atoms with van der Waals surface area (Å²) in [5, 5.41) is 9.80. The van der Waals surface area contributed by atoms with E-state index in [1.54, 1.807) is 13.0 Å². The van der Waals surface area contributed by atoms with Crippen molar-refractivity contribution in [1.29, 1.82) is 0 Å². The minimum Gasteiger partial charge on any atom is -0.360 e. The van der Waals surface area contributed by atoms with Gasteiger partial charge in [-0.05, 0) is 6.92 Å². The highest BCUT2D eigenvalue weighted by Crippen LogP contribution is 2.08. The predicted molar refractivity (Wildman–Crippen MR) is 54.7 cm³/mol. The molecular weight excluding hydrogens is 212 g/mol. The average Bonchev–Trinajstić information content (AvgIpc) is 2.65. The van der Waals surface area contributed by atoms with Gasteiger partial charge in [-0.15, -0.1) is 0 Å². The lowest BCUT2D eigenvalue weighted by Crippen LogP contribution is -2.32. The molecule has 1 aliphatic rings. The van der Waals surface area contributed by atoms with E-state index in [0.717, 1.165) is 0 Å². The molecular formula is C9H10N4O3. The maximum atomic E-state index is 11.6. The van der Waals surface area contributed by atoms with E-state index in [2.05, 4.69) is 21.0 Å². The van der Waals surface area contributed by atoms with Crippen LogP contribution in [0.2, 0.25) is 0 Å². The zero-order valence-electron chi connectivity index (χ0n) is 8.61. The Bertz CT molecular complexity index is 463. The van der Waals surface area contributed by atoms with E-state index in [-0.39, 0.29) is 23.9 Å². The van der Waals surface area contributed by atoms with Crippen LogP contribution >= 0.6 is 0 Å². The Morgan fingerprint density at radius 3 is 2.94 bits per heavy atom. The van der Waals surface area contributed by atoms with Gasteiger partial charge in [-0.3, -0.25) is 9.59 Å². The van der Waals surface area contributed by atoms with Crippen LogP contribution in [0.15, 0.2) is 15.7 Å². The van der Waals surface area contributed by atoms with Crippen molar-refractivity contribution < 1.29 is 14.1 Å². The Hall–Kier alpha value is -2.18. The first-order chi connectivity index (χ1) is 7.65. The minimum absolute atomic E-state index is 0.186. The molecule has 0 fully saturated rings. The number of hydrogen-bond acceptors (Lipinski definition) is 5. The van der Waals surface area contributed by atoms with Gasteiger partial charge in [0.25, 0.3) is 5.91 Å². The topological polar surface area (TPSA) is 96.6 Å². The molecule has 2 amide bonds. The minimum atomic E-state index is -0.381. The zero-order chi connectivity index (χ0) is 11.5. The van der Waals surface area contributed by atoms with E-state index in [1.807, 2.05) is 0 Å². The fourth-order valence-corrected chi connectivity index (χ4v) is 1.25. The number of aromatic nitrogens is 1. The molecule has 0 saturated heterocycles. The molecule has 84 valence electrons. The summed E-state index contributed by atoms with van der Waals surface area (Å²) in [6.07, 6.45) is 0.596. The lowest BCUT2D eigenvalue weighted by molar-refractivity contribution is -0.121. The van der Waals surface area contributed by atoms with Gasteiger partial charge in [0.15, 0.2) is 5.82 Å². The van der Waals surface area contributed by atoms with Crippen molar-refractivity contribution in [3.63, 3.8) is 0 Å². The lowest BCUT2D eigenvalue weighted by atomic mass is 10.1. The van der Waals surface area contributed by atoms with Gasteiger partial charge < -0.3 is 9.84 Å². The highest BCUT2D eigenvalue weighted by molar-refractivity contribution is 6.43. The summed E-state index contributed by atoms with van der Waals surface area (Å²) in [4.78, 5) is 22.4. The molecule has 2 N–H and O–H groups in total. The molecule has 0 atom stereocenters. The molecule has 2 heterocycles. The van der Waals surface area contributed by atoms with Gasteiger partial charge in [0.05, 0.1) is 0 Å². The van der Waals surface area contributed by atoms with Crippen molar-refractivity contribution in [1.82, 2.24) is 10.6 Å². The first kappa shape index (κ1) is 10.3. The van der Waals surface area contributed by atoms with E-state index in [1.165, 1.54) is 0 Å². The number of hydrazone groups is 1. The van der Waals surface area contributed by atoms with Crippen LogP contribution in [0.3, 0.4) is 0 Å². The van der Waals surface area contributed by atoms with Crippen LogP contribution in [0, 0.1) is 6.92 Å². The molecule has 1 aromatic heterocycles. The molecule has 1 aliphatic heterocycles. The molecule has 2 rings (SSSR count). The standard InChI is InChI=1S/C9H10N4O3/c1-5-4-7(13-16-5)10-9(15)6-2-3-8(14)12-11-6/h4H,2-3H2,1H3,(H,12,14)(H,10,13,15). The van der Waals surface area contributed by atoms with Crippen LogP contribution < -0.4 is 10.7 Å². The van der Waals surface area contributed by atoms with Crippen molar-refractivity contribution in [2.24, 2.45) is 5.10 Å². The maximum absolute atomic E-state index is 11.6. The van der Waals surface area contributed by atoms with Crippen LogP contribution in [-0.2, 0) is 9.59 Å². The Labute approximate surface area is 90.9 Å². The molecule has 0 saturated carbocycles. The zero-order valence-corrected chi connectivity index (χ0v) is 8.61. The number of rotatable bonds is 2. The monoisotopic (exact) mass is 222 g/mol. The van der Waals surface area contributed by atoms with Crippen LogP contribution in [0.4, 0.5) is 5.82 Å². The molecule has 0 radical (unpaired) electrons. The van der Waals surface area contributed by atoms with Gasteiger partial charge in [-0.25, -0.2) is 5.43 Å². The number of anilines is 1. The highest BCUT2D eigenvalue weighted by atomic mass is 16.5. The molecule has 0 bridgehead atoms. The van der Waals surface area contributed by atoms with Gasteiger partial charge in [0.2, 0.25) is 5.91 Å². The molecule has 1 aromatic rings. The van der Waals surface area contributed by atoms with Gasteiger partial charge in [0.1, 0.15) is 11.5 Å². The van der Waals surface area contributed by atoms with E-state index >= 15 is 0 Å². The van der Waals surface area contributed by atoms with Crippen LogP contribution in [0.25, 0.3) is 0 Å². The molecule has 0 spiro atoms. The maximum Gasteiger partial charge on any atom is 0.273 e. The van der Waals surface area contributed by atoms with Crippen molar-refractivity contribution in [2.45, 2.75) is 19.8 Å². The molecule has 7 heteroatoms. The van der Waals surface area contributed by atoms with Crippen LogP contribution in [-0.4, -0.2) is 22.7 Å². The fraction of sp³-hybridized carbons (Fsp3) is 0.333. The van der Waals surface area contributed by atoms with Crippen molar-refractivity contribution in [3.8, 4) is 0 Å². The van der Waals surface area contributed by atoms with E-state index < -0.39 is 0 Å². The third kappa shape index (κ3) is 2.25. The van der Waals surface area contributed by atoms with E-state index in [4.69, 9.17) is 4.52 Å². The van der Waals surface area contributed by atoms with Gasteiger partial charge in [-0.1, -0.05) is 5.16 Å². The summed E-state index contributed by atoms with van der Waals surface area (Å²) < 4.78 is 4.80. The van der Waals surface area contributed by atoms with Crippen LogP contribution in [0.5, 0.6) is 0 Å². The first-order valence-corrected chi connectivity index (χ1v) is 4.75. The average molecular weight is 222 g/mol. The SMILES string of the molecule is Cc1cc(NC(=O)C2=NNC(=O)CC2)no1. The number of carbonyl (C=O) groups is 2. The number of nitrogens with one attached hydrogen (secondary N) is 2. The lowest BCUT2D eigenvalue weighted by Gasteiger charge is -2.10. The van der Waals surface area contributed by atoms with E-state index in [9.17, 15) is 9.59 Å². The molecule has 0 unspecified atom stereocenters. The van der Waals surface area contributed by atoms with Crippen molar-refractivity contribution in [3.05, 3.63) is 11.8 Å². The summed E-state index contributed by atoms with van der Waals surface area (Å²) in [5.41, 5.74) is 2.53. The number of hydrogen-bond donors (Lipinski definition) is 2. The molecule has 7 nitrogen and oxygen atoms in total. The number of carbonyl (C=O) groups excluding carboxylic acids is 2. The summed E-state index contributed by atoms with van der Waals surface area (Å²) >= 11 is 0. The quantitative estimate of drug-likeness (QED) is 0.746. The summed E-state index contributed by atoms with van der Waals surface area (Å²) in [6.45, 7) is 1.72. The Morgan fingerprint density at radius 1 is 1.56 bits per heavy atom. The molecule has 0 aliphatic carbocycles.